The Morgan fingerprint density at radius 2 is 1.44 bits per heavy atom. The molecule has 18 heavy (non-hydrogen) atoms. The molecule has 0 rings (SSSR count). The average molecular weight is 250 g/mol. The summed E-state index contributed by atoms with van der Waals surface area (Å²) in [4.78, 5) is 20.3. The normalized spacial score (nSPS) is 8.67. The second kappa shape index (κ2) is 11.5. The third kappa shape index (κ3) is 14.1. The SMILES string of the molecule is O=C(O)C#CC#CCCCCCCCCC(=O)O. The van der Waals surface area contributed by atoms with E-state index in [-0.39, 0.29) is 6.42 Å². The Morgan fingerprint density at radius 1 is 0.833 bits per heavy atom. The van der Waals surface area contributed by atoms with Crippen LogP contribution in [0.4, 0.5) is 0 Å². The quantitative estimate of drug-likeness (QED) is 0.512. The van der Waals surface area contributed by atoms with Crippen LogP contribution in [0.1, 0.15) is 51.4 Å². The van der Waals surface area contributed by atoms with Gasteiger partial charge >= 0.3 is 11.9 Å². The molecule has 0 bridgehead atoms. The molecule has 4 heteroatoms. The lowest BCUT2D eigenvalue weighted by Gasteiger charge is -1.98. The molecule has 0 saturated carbocycles. The largest absolute Gasteiger partial charge is 0.481 e. The number of rotatable bonds is 8. The van der Waals surface area contributed by atoms with Crippen molar-refractivity contribution in [2.45, 2.75) is 51.4 Å². The molecule has 0 atom stereocenters. The van der Waals surface area contributed by atoms with Crippen molar-refractivity contribution in [3.63, 3.8) is 0 Å². The molecule has 0 spiro atoms. The highest BCUT2D eigenvalue weighted by Crippen LogP contribution is 2.08. The summed E-state index contributed by atoms with van der Waals surface area (Å²) in [6.07, 6.45) is 6.87. The van der Waals surface area contributed by atoms with E-state index in [1.165, 1.54) is 0 Å². The van der Waals surface area contributed by atoms with E-state index in [1.54, 1.807) is 0 Å². The minimum Gasteiger partial charge on any atom is -0.481 e. The van der Waals surface area contributed by atoms with Crippen LogP contribution in [0.15, 0.2) is 0 Å². The van der Waals surface area contributed by atoms with E-state index < -0.39 is 11.9 Å². The maximum atomic E-state index is 10.2. The molecular formula is C14H18O4. The molecule has 0 unspecified atom stereocenters. The van der Waals surface area contributed by atoms with Crippen molar-refractivity contribution >= 4 is 11.9 Å². The van der Waals surface area contributed by atoms with E-state index in [1.807, 2.05) is 5.92 Å². The van der Waals surface area contributed by atoms with E-state index in [0.29, 0.717) is 0 Å². The molecule has 0 aromatic heterocycles. The molecule has 0 aliphatic carbocycles. The summed E-state index contributed by atoms with van der Waals surface area (Å²) in [5, 5.41) is 16.6. The van der Waals surface area contributed by atoms with Gasteiger partial charge in [0.2, 0.25) is 0 Å². The lowest BCUT2D eigenvalue weighted by Crippen LogP contribution is -1.93. The van der Waals surface area contributed by atoms with Crippen LogP contribution in [0.5, 0.6) is 0 Å². The van der Waals surface area contributed by atoms with E-state index in [9.17, 15) is 9.59 Å². The molecule has 0 aliphatic rings. The molecule has 0 aromatic rings. The van der Waals surface area contributed by atoms with Gasteiger partial charge < -0.3 is 10.2 Å². The van der Waals surface area contributed by atoms with Gasteiger partial charge in [0.25, 0.3) is 0 Å². The predicted molar refractivity (Wildman–Crippen MR) is 67.8 cm³/mol. The summed E-state index contributed by atoms with van der Waals surface area (Å²) in [7, 11) is 0. The fourth-order valence-corrected chi connectivity index (χ4v) is 1.39. The van der Waals surface area contributed by atoms with Gasteiger partial charge in [-0.15, -0.1) is 0 Å². The van der Waals surface area contributed by atoms with Gasteiger partial charge in [-0.2, -0.15) is 0 Å². The van der Waals surface area contributed by atoms with Crippen molar-refractivity contribution < 1.29 is 19.8 Å². The Hall–Kier alpha value is -1.94. The topological polar surface area (TPSA) is 74.6 Å². The number of carboxylic acid groups (broad SMARTS) is 2. The number of carboxylic acids is 2. The van der Waals surface area contributed by atoms with Gasteiger partial charge in [0.05, 0.1) is 0 Å². The first-order valence-corrected chi connectivity index (χ1v) is 6.06. The molecule has 0 aromatic carbocycles. The fraction of sp³-hybridized carbons (Fsp3) is 0.571. The van der Waals surface area contributed by atoms with E-state index in [2.05, 4.69) is 17.8 Å². The summed E-state index contributed by atoms with van der Waals surface area (Å²) in [6.45, 7) is 0. The molecule has 0 amide bonds. The Morgan fingerprint density at radius 3 is 2.06 bits per heavy atom. The highest BCUT2D eigenvalue weighted by molar-refractivity contribution is 5.87. The Balaban J connectivity index is 3.29. The van der Waals surface area contributed by atoms with Crippen LogP contribution >= 0.6 is 0 Å². The second-order valence-corrected chi connectivity index (χ2v) is 3.87. The fourth-order valence-electron chi connectivity index (χ4n) is 1.39. The maximum absolute atomic E-state index is 10.2. The van der Waals surface area contributed by atoms with Crippen molar-refractivity contribution in [3.8, 4) is 23.7 Å². The zero-order valence-electron chi connectivity index (χ0n) is 10.4. The molecule has 2 N–H and O–H groups in total. The summed E-state index contributed by atoms with van der Waals surface area (Å²) >= 11 is 0. The number of unbranched alkanes of at least 4 members (excludes halogenated alkanes) is 6. The monoisotopic (exact) mass is 250 g/mol. The first-order valence-electron chi connectivity index (χ1n) is 6.06. The van der Waals surface area contributed by atoms with Crippen LogP contribution in [-0.2, 0) is 9.59 Å². The first kappa shape index (κ1) is 16.1. The minimum absolute atomic E-state index is 0.258. The summed E-state index contributed by atoms with van der Waals surface area (Å²) < 4.78 is 0. The van der Waals surface area contributed by atoms with Gasteiger partial charge in [-0.25, -0.2) is 4.79 Å². The van der Waals surface area contributed by atoms with Crippen LogP contribution in [-0.4, -0.2) is 22.2 Å². The van der Waals surface area contributed by atoms with Gasteiger partial charge in [0, 0.05) is 18.8 Å². The third-order valence-electron chi connectivity index (χ3n) is 2.26. The van der Waals surface area contributed by atoms with Gasteiger partial charge in [0.15, 0.2) is 0 Å². The molecule has 0 saturated heterocycles. The van der Waals surface area contributed by atoms with Gasteiger partial charge in [-0.1, -0.05) is 31.6 Å². The van der Waals surface area contributed by atoms with Crippen molar-refractivity contribution in [3.05, 3.63) is 0 Å². The number of aliphatic carboxylic acids is 2. The van der Waals surface area contributed by atoms with E-state index in [4.69, 9.17) is 10.2 Å². The van der Waals surface area contributed by atoms with Crippen LogP contribution in [0.3, 0.4) is 0 Å². The number of hydrogen-bond acceptors (Lipinski definition) is 2. The van der Waals surface area contributed by atoms with Crippen LogP contribution in [0.25, 0.3) is 0 Å². The summed E-state index contributed by atoms with van der Waals surface area (Å²) in [5.41, 5.74) is 0. The Bertz CT molecular complexity index is 376. The molecular weight excluding hydrogens is 232 g/mol. The molecule has 4 nitrogen and oxygen atoms in total. The summed E-state index contributed by atoms with van der Waals surface area (Å²) in [6, 6.07) is 0. The maximum Gasteiger partial charge on any atom is 0.382 e. The molecule has 0 aliphatic heterocycles. The molecule has 0 heterocycles. The number of hydrogen-bond donors (Lipinski definition) is 2. The van der Waals surface area contributed by atoms with Crippen molar-refractivity contribution in [1.82, 2.24) is 0 Å². The van der Waals surface area contributed by atoms with Crippen molar-refractivity contribution in [1.29, 1.82) is 0 Å². The Kier molecular flexibility index (Phi) is 10.3. The molecule has 98 valence electrons. The highest BCUT2D eigenvalue weighted by Gasteiger charge is 1.95. The third-order valence-corrected chi connectivity index (χ3v) is 2.26. The lowest BCUT2D eigenvalue weighted by molar-refractivity contribution is -0.137. The van der Waals surface area contributed by atoms with Gasteiger partial charge in [-0.05, 0) is 24.7 Å². The zero-order valence-corrected chi connectivity index (χ0v) is 10.4. The lowest BCUT2D eigenvalue weighted by atomic mass is 10.1. The molecule has 0 radical (unpaired) electrons. The Labute approximate surface area is 107 Å². The van der Waals surface area contributed by atoms with E-state index >= 15 is 0 Å². The van der Waals surface area contributed by atoms with Crippen molar-refractivity contribution in [2.75, 3.05) is 0 Å². The molecule has 0 fully saturated rings. The van der Waals surface area contributed by atoms with Crippen LogP contribution in [0, 0.1) is 23.7 Å². The second-order valence-electron chi connectivity index (χ2n) is 3.87. The highest BCUT2D eigenvalue weighted by atomic mass is 16.4. The van der Waals surface area contributed by atoms with Crippen LogP contribution < -0.4 is 0 Å². The standard InChI is InChI=1S/C14H18O4/c15-13(16)11-9-7-5-3-1-2-4-6-8-10-12-14(17)18/h1-5,7,9,11H2,(H,15,16)(H,17,18). The number of carbonyl (C=O) groups is 2. The van der Waals surface area contributed by atoms with Gasteiger partial charge in [-0.3, -0.25) is 4.79 Å². The zero-order chi connectivity index (χ0) is 13.6. The average Bonchev–Trinajstić information content (AvgIpc) is 2.29. The first-order chi connectivity index (χ1) is 8.63. The minimum atomic E-state index is -1.16. The predicted octanol–water partition coefficient (Wildman–Crippen LogP) is 2.28. The van der Waals surface area contributed by atoms with E-state index in [0.717, 1.165) is 44.9 Å². The van der Waals surface area contributed by atoms with Crippen molar-refractivity contribution in [2.24, 2.45) is 0 Å². The van der Waals surface area contributed by atoms with Crippen LogP contribution in [0.2, 0.25) is 0 Å². The summed E-state index contributed by atoms with van der Waals surface area (Å²) in [5.74, 6) is 7.56. The van der Waals surface area contributed by atoms with Gasteiger partial charge in [0.1, 0.15) is 0 Å². The smallest absolute Gasteiger partial charge is 0.382 e.